The van der Waals surface area contributed by atoms with E-state index in [0.29, 0.717) is 0 Å². The largest absolute Gasteiger partial charge is 0.350 e. The van der Waals surface area contributed by atoms with Gasteiger partial charge in [-0.15, -0.1) is 0 Å². The van der Waals surface area contributed by atoms with Gasteiger partial charge in [0.05, 0.1) is 11.9 Å². The molecule has 29 heavy (non-hydrogen) atoms. The number of carbonyl (C=O) groups excluding carboxylic acids is 1. The van der Waals surface area contributed by atoms with E-state index in [-0.39, 0.29) is 12.2 Å². The molecule has 0 aliphatic rings. The van der Waals surface area contributed by atoms with Crippen molar-refractivity contribution in [1.82, 2.24) is 5.32 Å². The van der Waals surface area contributed by atoms with E-state index in [1.165, 1.54) is 6.92 Å². The van der Waals surface area contributed by atoms with E-state index >= 15 is 0 Å². The molecule has 3 aromatic carbocycles. The van der Waals surface area contributed by atoms with E-state index < -0.39 is 33.6 Å². The molecule has 152 valence electrons. The summed E-state index contributed by atoms with van der Waals surface area (Å²) in [5.41, 5.74) is 0.751. The Morgan fingerprint density at radius 1 is 1.03 bits per heavy atom. The van der Waals surface area contributed by atoms with Crippen LogP contribution in [0, 0.1) is 11.6 Å². The number of hydrogen-bond donors (Lipinski definition) is 1. The number of rotatable bonds is 6. The van der Waals surface area contributed by atoms with Gasteiger partial charge in [-0.25, -0.2) is 17.2 Å². The van der Waals surface area contributed by atoms with Gasteiger partial charge in [-0.3, -0.25) is 9.10 Å². The normalized spacial score (nSPS) is 12.6. The van der Waals surface area contributed by atoms with Gasteiger partial charge in [0.25, 0.3) is 0 Å². The molecule has 0 heterocycles. The van der Waals surface area contributed by atoms with E-state index in [2.05, 4.69) is 5.32 Å². The quantitative estimate of drug-likeness (QED) is 0.665. The number of nitrogens with zero attached hydrogens (tertiary/aromatic N) is 1. The third-order valence-corrected chi connectivity index (χ3v) is 5.82. The van der Waals surface area contributed by atoms with Crippen LogP contribution >= 0.6 is 0 Å². The lowest BCUT2D eigenvalue weighted by Crippen LogP contribution is -2.47. The molecule has 0 bridgehead atoms. The van der Waals surface area contributed by atoms with Gasteiger partial charge in [-0.2, -0.15) is 0 Å². The molecule has 0 saturated heterocycles. The lowest BCUT2D eigenvalue weighted by molar-refractivity contribution is -0.122. The minimum absolute atomic E-state index is 0.126. The molecular formula is C21H20F2N2O3S. The minimum atomic E-state index is -3.93. The first-order chi connectivity index (χ1) is 13.7. The smallest absolute Gasteiger partial charge is 0.243 e. The van der Waals surface area contributed by atoms with Crippen LogP contribution in [0.15, 0.2) is 60.7 Å². The third kappa shape index (κ3) is 4.54. The Bertz CT molecular complexity index is 1160. The number of sulfonamides is 1. The maximum absolute atomic E-state index is 13.6. The van der Waals surface area contributed by atoms with Crippen LogP contribution in [-0.4, -0.2) is 26.6 Å². The Morgan fingerprint density at radius 3 is 2.41 bits per heavy atom. The molecule has 8 heteroatoms. The molecule has 0 saturated carbocycles. The van der Waals surface area contributed by atoms with Gasteiger partial charge in [-0.1, -0.05) is 42.5 Å². The van der Waals surface area contributed by atoms with Gasteiger partial charge >= 0.3 is 0 Å². The molecule has 1 unspecified atom stereocenters. The molecule has 0 spiro atoms. The highest BCUT2D eigenvalue weighted by atomic mass is 32.2. The topological polar surface area (TPSA) is 66.5 Å². The fourth-order valence-electron chi connectivity index (χ4n) is 3.21. The Morgan fingerprint density at radius 2 is 1.72 bits per heavy atom. The standard InChI is InChI=1S/C21H20F2N2O3S/c1-14(25(29(2,27)28)17-10-11-19(22)20(23)12-17)21(26)24-13-16-8-5-7-15-6-3-4-9-18(15)16/h3-12,14H,13H2,1-2H3,(H,24,26). The molecule has 3 aromatic rings. The number of carbonyl (C=O) groups is 1. The highest BCUT2D eigenvalue weighted by Crippen LogP contribution is 2.23. The predicted octanol–water partition coefficient (Wildman–Crippen LogP) is 3.59. The monoisotopic (exact) mass is 418 g/mol. The van der Waals surface area contributed by atoms with E-state index in [4.69, 9.17) is 0 Å². The van der Waals surface area contributed by atoms with Crippen LogP contribution in [0.2, 0.25) is 0 Å². The second kappa shape index (κ2) is 8.16. The summed E-state index contributed by atoms with van der Waals surface area (Å²) in [5, 5.41) is 4.72. The van der Waals surface area contributed by atoms with Crippen molar-refractivity contribution in [2.45, 2.75) is 19.5 Å². The number of halogens is 2. The van der Waals surface area contributed by atoms with Crippen molar-refractivity contribution in [3.8, 4) is 0 Å². The van der Waals surface area contributed by atoms with Gasteiger partial charge in [0, 0.05) is 12.6 Å². The number of hydrogen-bond acceptors (Lipinski definition) is 3. The van der Waals surface area contributed by atoms with Crippen LogP contribution in [-0.2, 0) is 21.4 Å². The average Bonchev–Trinajstić information content (AvgIpc) is 2.67. The number of fused-ring (bicyclic) bond motifs is 1. The molecule has 5 nitrogen and oxygen atoms in total. The van der Waals surface area contributed by atoms with Gasteiger partial charge in [-0.05, 0) is 35.4 Å². The Kier molecular flexibility index (Phi) is 5.83. The molecule has 0 radical (unpaired) electrons. The molecule has 1 amide bonds. The summed E-state index contributed by atoms with van der Waals surface area (Å²) in [4.78, 5) is 12.7. The zero-order valence-corrected chi connectivity index (χ0v) is 16.7. The van der Waals surface area contributed by atoms with Crippen LogP contribution in [0.3, 0.4) is 0 Å². The summed E-state index contributed by atoms with van der Waals surface area (Å²) >= 11 is 0. The molecule has 0 aliphatic heterocycles. The lowest BCUT2D eigenvalue weighted by atomic mass is 10.0. The first kappa shape index (κ1) is 20.7. The fourth-order valence-corrected chi connectivity index (χ4v) is 4.37. The van der Waals surface area contributed by atoms with Crippen molar-refractivity contribution >= 4 is 32.4 Å². The summed E-state index contributed by atoms with van der Waals surface area (Å²) < 4.78 is 52.1. The van der Waals surface area contributed by atoms with Crippen LogP contribution in [0.5, 0.6) is 0 Å². The van der Waals surface area contributed by atoms with Gasteiger partial charge in [0.2, 0.25) is 15.9 Å². The Labute approximate surface area is 168 Å². The van der Waals surface area contributed by atoms with Gasteiger partial charge in [0.1, 0.15) is 6.04 Å². The van der Waals surface area contributed by atoms with Gasteiger partial charge < -0.3 is 5.32 Å². The molecule has 0 fully saturated rings. The molecular weight excluding hydrogens is 398 g/mol. The first-order valence-electron chi connectivity index (χ1n) is 8.87. The molecule has 0 aromatic heterocycles. The van der Waals surface area contributed by atoms with E-state index in [1.54, 1.807) is 0 Å². The van der Waals surface area contributed by atoms with Crippen LogP contribution in [0.1, 0.15) is 12.5 Å². The van der Waals surface area contributed by atoms with Gasteiger partial charge in [0.15, 0.2) is 11.6 Å². The van der Waals surface area contributed by atoms with Crippen molar-refractivity contribution in [3.63, 3.8) is 0 Å². The summed E-state index contributed by atoms with van der Waals surface area (Å²) in [6.07, 6.45) is 0.906. The van der Waals surface area contributed by atoms with Crippen LogP contribution < -0.4 is 9.62 Å². The first-order valence-corrected chi connectivity index (χ1v) is 10.7. The number of benzene rings is 3. The van der Waals surface area contributed by atoms with Crippen molar-refractivity contribution < 1.29 is 22.0 Å². The maximum atomic E-state index is 13.6. The highest BCUT2D eigenvalue weighted by Gasteiger charge is 2.29. The van der Waals surface area contributed by atoms with Crippen molar-refractivity contribution in [2.24, 2.45) is 0 Å². The molecule has 1 N–H and O–H groups in total. The molecule has 0 aliphatic carbocycles. The Hall–Kier alpha value is -3.00. The summed E-state index contributed by atoms with van der Waals surface area (Å²) in [7, 11) is -3.93. The van der Waals surface area contributed by atoms with Crippen LogP contribution in [0.4, 0.5) is 14.5 Å². The SMILES string of the molecule is CC(C(=O)NCc1cccc2ccccc12)N(c1ccc(F)c(F)c1)S(C)(=O)=O. The zero-order valence-electron chi connectivity index (χ0n) is 15.9. The van der Waals surface area contributed by atoms with Crippen molar-refractivity contribution in [1.29, 1.82) is 0 Å². The maximum Gasteiger partial charge on any atom is 0.243 e. The molecule has 1 atom stereocenters. The van der Waals surface area contributed by atoms with E-state index in [1.807, 2.05) is 42.5 Å². The van der Waals surface area contributed by atoms with Crippen LogP contribution in [0.25, 0.3) is 10.8 Å². The number of nitrogens with one attached hydrogen (secondary N) is 1. The third-order valence-electron chi connectivity index (χ3n) is 4.58. The van der Waals surface area contributed by atoms with E-state index in [0.717, 1.165) is 45.1 Å². The summed E-state index contributed by atoms with van der Waals surface area (Å²) in [5.74, 6) is -2.86. The van der Waals surface area contributed by atoms with Crippen molar-refractivity contribution in [3.05, 3.63) is 77.9 Å². The number of amides is 1. The zero-order chi connectivity index (χ0) is 21.2. The van der Waals surface area contributed by atoms with Crippen molar-refractivity contribution in [2.75, 3.05) is 10.6 Å². The lowest BCUT2D eigenvalue weighted by Gasteiger charge is -2.28. The predicted molar refractivity (Wildman–Crippen MR) is 109 cm³/mol. The van der Waals surface area contributed by atoms with E-state index in [9.17, 15) is 22.0 Å². The Balaban J connectivity index is 1.83. The highest BCUT2D eigenvalue weighted by molar-refractivity contribution is 7.92. The minimum Gasteiger partial charge on any atom is -0.350 e. The fraction of sp³-hybridized carbons (Fsp3) is 0.190. The summed E-state index contributed by atoms with van der Waals surface area (Å²) in [6, 6.07) is 14.9. The second-order valence-corrected chi connectivity index (χ2v) is 8.55. The summed E-state index contributed by atoms with van der Waals surface area (Å²) in [6.45, 7) is 1.58. The average molecular weight is 418 g/mol. The number of anilines is 1. The second-order valence-electron chi connectivity index (χ2n) is 6.69. The molecule has 3 rings (SSSR count).